The maximum atomic E-state index is 14.7. The molecule has 30 heavy (non-hydrogen) atoms. The van der Waals surface area contributed by atoms with Gasteiger partial charge in [0.2, 0.25) is 0 Å². The maximum Gasteiger partial charge on any atom is 0.263 e. The highest BCUT2D eigenvalue weighted by atomic mass is 19.2. The molecule has 0 unspecified atom stereocenters. The summed E-state index contributed by atoms with van der Waals surface area (Å²) in [6.45, 7) is 2.07. The largest absolute Gasteiger partial charge is 0.361 e. The fourth-order valence-corrected chi connectivity index (χ4v) is 3.61. The number of nitrogens with one attached hydrogen (secondary N) is 1. The number of para-hydroxylation sites is 1. The molecule has 0 spiro atoms. The number of hydrogen-bond donors (Lipinski definition) is 1. The molecule has 2 aromatic rings. The van der Waals surface area contributed by atoms with E-state index < -0.39 is 29.1 Å². The Bertz CT molecular complexity index is 1070. The summed E-state index contributed by atoms with van der Waals surface area (Å²) >= 11 is 0. The van der Waals surface area contributed by atoms with Crippen molar-refractivity contribution in [2.45, 2.75) is 13.3 Å². The number of ketones is 1. The molecule has 0 saturated carbocycles. The first-order valence-corrected chi connectivity index (χ1v) is 9.38. The lowest BCUT2D eigenvalue weighted by atomic mass is 10.0. The summed E-state index contributed by atoms with van der Waals surface area (Å²) in [7, 11) is 0. The number of benzene rings is 2. The summed E-state index contributed by atoms with van der Waals surface area (Å²) in [4.78, 5) is 28.5. The number of nitrogens with zero attached hydrogens (tertiary/aromatic N) is 2. The SMILES string of the molecule is CCOCN1C2=C(C(=O)Nc3ccccc3F)C(=O)CCN2c2c1ccc(F)c2F. The molecule has 2 heterocycles. The van der Waals surface area contributed by atoms with Gasteiger partial charge in [-0.15, -0.1) is 0 Å². The highest BCUT2D eigenvalue weighted by Crippen LogP contribution is 2.46. The standard InChI is InChI=1S/C21H18F3N3O3/c1-2-30-11-27-15-8-7-13(23)18(24)19(15)26-10-9-16(28)17(21(26)27)20(29)25-14-6-4-3-5-12(14)22/h3-8H,2,9-11H2,1H3,(H,25,29). The Hall–Kier alpha value is -3.33. The Kier molecular flexibility index (Phi) is 5.21. The van der Waals surface area contributed by atoms with Gasteiger partial charge >= 0.3 is 0 Å². The zero-order chi connectivity index (χ0) is 21.4. The lowest BCUT2D eigenvalue weighted by molar-refractivity contribution is -0.120. The second-order valence-electron chi connectivity index (χ2n) is 6.74. The third-order valence-electron chi connectivity index (χ3n) is 4.96. The fourth-order valence-electron chi connectivity index (χ4n) is 3.61. The number of Topliss-reactive ketones (excluding diaryl/α,β-unsaturated/α-hetero) is 1. The van der Waals surface area contributed by atoms with Crippen molar-refractivity contribution in [2.24, 2.45) is 0 Å². The van der Waals surface area contributed by atoms with E-state index in [1.54, 1.807) is 6.92 Å². The minimum atomic E-state index is -1.08. The molecule has 0 aromatic heterocycles. The van der Waals surface area contributed by atoms with Crippen LogP contribution in [0.2, 0.25) is 0 Å². The lowest BCUT2D eigenvalue weighted by Crippen LogP contribution is -2.41. The van der Waals surface area contributed by atoms with Gasteiger partial charge in [0.15, 0.2) is 17.4 Å². The van der Waals surface area contributed by atoms with Crippen molar-refractivity contribution in [3.8, 4) is 0 Å². The average Bonchev–Trinajstić information content (AvgIpc) is 3.04. The molecule has 1 amide bonds. The summed E-state index contributed by atoms with van der Waals surface area (Å²) in [5, 5.41) is 2.40. The molecule has 1 N–H and O–H groups in total. The topological polar surface area (TPSA) is 61.9 Å². The highest BCUT2D eigenvalue weighted by Gasteiger charge is 2.43. The quantitative estimate of drug-likeness (QED) is 0.754. The van der Waals surface area contributed by atoms with Gasteiger partial charge in [0, 0.05) is 19.6 Å². The first kappa shape index (κ1) is 20.0. The minimum absolute atomic E-state index is 0.0617. The smallest absolute Gasteiger partial charge is 0.263 e. The van der Waals surface area contributed by atoms with Crippen LogP contribution in [0.3, 0.4) is 0 Å². The molecule has 0 bridgehead atoms. The van der Waals surface area contributed by atoms with Crippen LogP contribution < -0.4 is 15.1 Å². The molecule has 4 rings (SSSR count). The Balaban J connectivity index is 1.84. The van der Waals surface area contributed by atoms with Gasteiger partial charge in [0.1, 0.15) is 29.6 Å². The van der Waals surface area contributed by atoms with Crippen molar-refractivity contribution < 1.29 is 27.5 Å². The lowest BCUT2D eigenvalue weighted by Gasteiger charge is -2.30. The van der Waals surface area contributed by atoms with Gasteiger partial charge in [0.05, 0.1) is 11.4 Å². The number of carbonyl (C=O) groups is 2. The molecule has 2 aliphatic rings. The van der Waals surface area contributed by atoms with Crippen LogP contribution in [0.4, 0.5) is 30.2 Å². The summed E-state index contributed by atoms with van der Waals surface area (Å²) in [6, 6.07) is 7.89. The molecule has 0 fully saturated rings. The van der Waals surface area contributed by atoms with E-state index in [1.165, 1.54) is 40.1 Å². The number of carbonyl (C=O) groups excluding carboxylic acids is 2. The van der Waals surface area contributed by atoms with Crippen molar-refractivity contribution >= 4 is 28.8 Å². The van der Waals surface area contributed by atoms with Crippen LogP contribution >= 0.6 is 0 Å². The normalized spacial score (nSPS) is 15.4. The zero-order valence-corrected chi connectivity index (χ0v) is 16.0. The van der Waals surface area contributed by atoms with Crippen molar-refractivity contribution in [1.29, 1.82) is 0 Å². The third kappa shape index (κ3) is 3.21. The van der Waals surface area contributed by atoms with Gasteiger partial charge in [-0.25, -0.2) is 13.2 Å². The molecule has 0 saturated heterocycles. The number of fused-ring (bicyclic) bond motifs is 3. The maximum absolute atomic E-state index is 14.7. The number of anilines is 3. The van der Waals surface area contributed by atoms with E-state index in [-0.39, 0.29) is 48.2 Å². The van der Waals surface area contributed by atoms with Gasteiger partial charge in [-0.2, -0.15) is 0 Å². The molecule has 2 aliphatic heterocycles. The van der Waals surface area contributed by atoms with E-state index >= 15 is 0 Å². The Morgan fingerprint density at radius 2 is 1.90 bits per heavy atom. The number of amides is 1. The van der Waals surface area contributed by atoms with E-state index in [0.29, 0.717) is 6.61 Å². The van der Waals surface area contributed by atoms with Crippen LogP contribution in [0.25, 0.3) is 0 Å². The molecular formula is C21H18F3N3O3. The molecule has 156 valence electrons. The van der Waals surface area contributed by atoms with E-state index in [0.717, 1.165) is 6.07 Å². The molecule has 0 radical (unpaired) electrons. The van der Waals surface area contributed by atoms with E-state index in [1.807, 2.05) is 0 Å². The van der Waals surface area contributed by atoms with Gasteiger partial charge in [0.25, 0.3) is 5.91 Å². The molecule has 6 nitrogen and oxygen atoms in total. The second-order valence-corrected chi connectivity index (χ2v) is 6.74. The summed E-state index contributed by atoms with van der Waals surface area (Å²) < 4.78 is 48.0. The summed E-state index contributed by atoms with van der Waals surface area (Å²) in [6.07, 6.45) is -0.0820. The average molecular weight is 417 g/mol. The molecule has 0 atom stereocenters. The van der Waals surface area contributed by atoms with Crippen LogP contribution in [0, 0.1) is 17.5 Å². The number of hydrogen-bond acceptors (Lipinski definition) is 5. The third-order valence-corrected chi connectivity index (χ3v) is 4.96. The predicted molar refractivity (Wildman–Crippen MR) is 104 cm³/mol. The Morgan fingerprint density at radius 3 is 2.63 bits per heavy atom. The number of ether oxygens (including phenoxy) is 1. The molecular weight excluding hydrogens is 399 g/mol. The Morgan fingerprint density at radius 1 is 1.13 bits per heavy atom. The molecule has 9 heteroatoms. The van der Waals surface area contributed by atoms with Crippen LogP contribution in [0.1, 0.15) is 13.3 Å². The minimum Gasteiger partial charge on any atom is -0.361 e. The number of rotatable bonds is 5. The van der Waals surface area contributed by atoms with Crippen LogP contribution in [0.15, 0.2) is 47.8 Å². The number of halogens is 3. The van der Waals surface area contributed by atoms with Crippen molar-refractivity contribution in [3.63, 3.8) is 0 Å². The van der Waals surface area contributed by atoms with Gasteiger partial charge < -0.3 is 19.9 Å². The predicted octanol–water partition coefficient (Wildman–Crippen LogP) is 3.55. The van der Waals surface area contributed by atoms with E-state index in [4.69, 9.17) is 4.74 Å². The summed E-state index contributed by atoms with van der Waals surface area (Å²) in [5.74, 6) is -4.00. The van der Waals surface area contributed by atoms with Gasteiger partial charge in [-0.3, -0.25) is 9.59 Å². The molecule has 2 aromatic carbocycles. The highest BCUT2D eigenvalue weighted by molar-refractivity contribution is 6.25. The van der Waals surface area contributed by atoms with Crippen molar-refractivity contribution in [1.82, 2.24) is 0 Å². The van der Waals surface area contributed by atoms with Crippen molar-refractivity contribution in [2.75, 3.05) is 35.0 Å². The first-order chi connectivity index (χ1) is 14.4. The van der Waals surface area contributed by atoms with E-state index in [9.17, 15) is 22.8 Å². The zero-order valence-electron chi connectivity index (χ0n) is 16.0. The molecule has 0 aliphatic carbocycles. The van der Waals surface area contributed by atoms with Crippen molar-refractivity contribution in [3.05, 3.63) is 65.2 Å². The van der Waals surface area contributed by atoms with E-state index in [2.05, 4.69) is 5.32 Å². The summed E-state index contributed by atoms with van der Waals surface area (Å²) in [5.41, 5.74) is -0.138. The van der Waals surface area contributed by atoms with Crippen LogP contribution in [-0.2, 0) is 14.3 Å². The van der Waals surface area contributed by atoms with Gasteiger partial charge in [-0.05, 0) is 31.2 Å². The monoisotopic (exact) mass is 417 g/mol. The van der Waals surface area contributed by atoms with Gasteiger partial charge in [-0.1, -0.05) is 12.1 Å². The van der Waals surface area contributed by atoms with Crippen LogP contribution in [0.5, 0.6) is 0 Å². The Labute approximate surface area is 170 Å². The van der Waals surface area contributed by atoms with Crippen LogP contribution in [-0.4, -0.2) is 31.6 Å². The first-order valence-electron chi connectivity index (χ1n) is 9.38. The fraction of sp³-hybridized carbons (Fsp3) is 0.238. The second kappa shape index (κ2) is 7.83.